The van der Waals surface area contributed by atoms with Gasteiger partial charge < -0.3 is 25.2 Å². The maximum Gasteiger partial charge on any atom is 0.408 e. The number of carbonyl (C=O) groups excluding carboxylic acids is 2. The number of aliphatic hydroxyl groups is 1. The zero-order chi connectivity index (χ0) is 28.6. The van der Waals surface area contributed by atoms with Crippen molar-refractivity contribution in [2.45, 2.75) is 43.0 Å². The zero-order valence-electron chi connectivity index (χ0n) is 22.6. The molecule has 3 aliphatic rings. The Morgan fingerprint density at radius 3 is 2.22 bits per heavy atom. The summed E-state index contributed by atoms with van der Waals surface area (Å²) in [6.45, 7) is 1.30. The van der Waals surface area contributed by atoms with E-state index >= 15 is 0 Å². The van der Waals surface area contributed by atoms with Gasteiger partial charge in [-0.3, -0.25) is 9.69 Å². The molecular formula is C32H33N3O6. The molecule has 41 heavy (non-hydrogen) atoms. The molecule has 1 aliphatic carbocycles. The minimum atomic E-state index is -1.38. The Balaban J connectivity index is 1.21. The first-order valence-electron chi connectivity index (χ1n) is 14.0. The Morgan fingerprint density at radius 1 is 0.927 bits per heavy atom. The zero-order valence-corrected chi connectivity index (χ0v) is 22.6. The largest absolute Gasteiger partial charge is 0.480 e. The van der Waals surface area contributed by atoms with E-state index in [1.165, 1.54) is 4.90 Å². The average molecular weight is 556 g/mol. The van der Waals surface area contributed by atoms with Crippen molar-refractivity contribution in [3.8, 4) is 11.1 Å². The van der Waals surface area contributed by atoms with E-state index in [1.54, 1.807) is 0 Å². The van der Waals surface area contributed by atoms with Crippen LogP contribution in [0.2, 0.25) is 0 Å². The Morgan fingerprint density at radius 2 is 1.56 bits per heavy atom. The molecule has 0 aromatic heterocycles. The fourth-order valence-electron chi connectivity index (χ4n) is 6.57. The number of aliphatic hydroxyl groups excluding tert-OH is 1. The number of benzene rings is 3. The van der Waals surface area contributed by atoms with Crippen LogP contribution in [-0.4, -0.2) is 81.9 Å². The van der Waals surface area contributed by atoms with Gasteiger partial charge in [0.2, 0.25) is 0 Å². The van der Waals surface area contributed by atoms with Gasteiger partial charge in [0, 0.05) is 38.5 Å². The van der Waals surface area contributed by atoms with Crippen LogP contribution in [0.15, 0.2) is 78.9 Å². The molecule has 0 radical (unpaired) electrons. The molecule has 3 atom stereocenters. The predicted octanol–water partition coefficient (Wildman–Crippen LogP) is 3.22. The van der Waals surface area contributed by atoms with Gasteiger partial charge in [-0.05, 0) is 34.2 Å². The van der Waals surface area contributed by atoms with Crippen molar-refractivity contribution in [1.29, 1.82) is 0 Å². The highest BCUT2D eigenvalue weighted by molar-refractivity contribution is 5.94. The number of hydrogen-bond donors (Lipinski definition) is 3. The molecule has 212 valence electrons. The topological polar surface area (TPSA) is 119 Å². The van der Waals surface area contributed by atoms with E-state index in [-0.39, 0.29) is 32.0 Å². The molecule has 9 nitrogen and oxygen atoms in total. The third-order valence-electron chi connectivity index (χ3n) is 8.52. The van der Waals surface area contributed by atoms with Crippen LogP contribution < -0.4 is 5.32 Å². The maximum atomic E-state index is 14.0. The summed E-state index contributed by atoms with van der Waals surface area (Å²) in [7, 11) is 0. The van der Waals surface area contributed by atoms with Crippen LogP contribution in [0, 0.1) is 0 Å². The fourth-order valence-corrected chi connectivity index (χ4v) is 6.57. The minimum absolute atomic E-state index is 0.0458. The number of amides is 2. The first-order chi connectivity index (χ1) is 19.8. The smallest absolute Gasteiger partial charge is 0.408 e. The van der Waals surface area contributed by atoms with Crippen LogP contribution in [0.4, 0.5) is 4.79 Å². The van der Waals surface area contributed by atoms with Crippen molar-refractivity contribution in [2.24, 2.45) is 0 Å². The number of aliphatic carboxylic acids is 1. The van der Waals surface area contributed by atoms with Crippen molar-refractivity contribution in [2.75, 3.05) is 26.2 Å². The first-order valence-corrected chi connectivity index (χ1v) is 14.0. The molecule has 2 fully saturated rings. The summed E-state index contributed by atoms with van der Waals surface area (Å²) in [5, 5.41) is 22.8. The summed E-state index contributed by atoms with van der Waals surface area (Å²) >= 11 is 0. The van der Waals surface area contributed by atoms with Gasteiger partial charge in [-0.15, -0.1) is 0 Å². The Kier molecular flexibility index (Phi) is 7.23. The van der Waals surface area contributed by atoms with E-state index in [1.807, 2.05) is 66.7 Å². The van der Waals surface area contributed by atoms with Crippen molar-refractivity contribution in [1.82, 2.24) is 15.1 Å². The lowest BCUT2D eigenvalue weighted by atomic mass is 9.96. The summed E-state index contributed by atoms with van der Waals surface area (Å²) in [6, 6.07) is 24.8. The summed E-state index contributed by atoms with van der Waals surface area (Å²) in [5.74, 6) is -1.82. The molecule has 0 spiro atoms. The van der Waals surface area contributed by atoms with Gasteiger partial charge in [0.25, 0.3) is 5.91 Å². The van der Waals surface area contributed by atoms with E-state index in [0.29, 0.717) is 19.5 Å². The van der Waals surface area contributed by atoms with E-state index < -0.39 is 35.7 Å². The van der Waals surface area contributed by atoms with E-state index in [2.05, 4.69) is 22.3 Å². The number of carboxylic acid groups (broad SMARTS) is 1. The summed E-state index contributed by atoms with van der Waals surface area (Å²) < 4.78 is 5.78. The number of ether oxygens (including phenoxy) is 1. The summed E-state index contributed by atoms with van der Waals surface area (Å²) in [4.78, 5) is 42.6. The molecule has 3 N–H and O–H groups in total. The van der Waals surface area contributed by atoms with Crippen molar-refractivity contribution in [3.63, 3.8) is 0 Å². The highest BCUT2D eigenvalue weighted by atomic mass is 16.5. The molecule has 0 saturated carbocycles. The number of carboxylic acids is 1. The summed E-state index contributed by atoms with van der Waals surface area (Å²) in [6.07, 6.45) is -1.42. The van der Waals surface area contributed by atoms with Crippen LogP contribution >= 0.6 is 0 Å². The van der Waals surface area contributed by atoms with Crippen molar-refractivity contribution < 1.29 is 29.3 Å². The third-order valence-corrected chi connectivity index (χ3v) is 8.52. The van der Waals surface area contributed by atoms with Gasteiger partial charge >= 0.3 is 12.1 Å². The number of nitrogens with zero attached hydrogens (tertiary/aromatic N) is 2. The number of nitrogens with one attached hydrogen (secondary N) is 1. The van der Waals surface area contributed by atoms with Gasteiger partial charge in [0.05, 0.1) is 6.10 Å². The van der Waals surface area contributed by atoms with Crippen LogP contribution in [0.25, 0.3) is 11.1 Å². The molecule has 2 saturated heterocycles. The predicted molar refractivity (Wildman–Crippen MR) is 151 cm³/mol. The molecule has 0 bridgehead atoms. The van der Waals surface area contributed by atoms with Crippen molar-refractivity contribution >= 4 is 18.0 Å². The van der Waals surface area contributed by atoms with E-state index in [0.717, 1.165) is 27.8 Å². The van der Waals surface area contributed by atoms with Gasteiger partial charge in [-0.25, -0.2) is 9.59 Å². The van der Waals surface area contributed by atoms with Crippen LogP contribution in [0.3, 0.4) is 0 Å². The minimum Gasteiger partial charge on any atom is -0.480 e. The molecule has 3 aromatic carbocycles. The number of carbonyl (C=O) groups is 3. The SMILES string of the molecule is O=C(NC1(C(=O)N2CC(O)CC2C(=O)O)CCN(Cc2ccccc2)C1)OCC1c2ccccc2-c2ccccc21. The molecular weight excluding hydrogens is 522 g/mol. The maximum absolute atomic E-state index is 14.0. The Bertz CT molecular complexity index is 1420. The first kappa shape index (κ1) is 27.0. The number of alkyl carbamates (subject to hydrolysis) is 1. The summed E-state index contributed by atoms with van der Waals surface area (Å²) in [5.41, 5.74) is 4.08. The van der Waals surface area contributed by atoms with Crippen LogP contribution in [0.1, 0.15) is 35.4 Å². The quantitative estimate of drug-likeness (QED) is 0.410. The lowest BCUT2D eigenvalue weighted by Gasteiger charge is -2.34. The number of fused-ring (bicyclic) bond motifs is 3. The van der Waals surface area contributed by atoms with Crippen LogP contribution in [-0.2, 0) is 20.9 Å². The number of likely N-dealkylation sites (tertiary alicyclic amines) is 2. The highest BCUT2D eigenvalue weighted by Crippen LogP contribution is 2.44. The Hall–Kier alpha value is -4.21. The second-order valence-corrected chi connectivity index (χ2v) is 11.2. The van der Waals surface area contributed by atoms with Crippen molar-refractivity contribution in [3.05, 3.63) is 95.6 Å². The van der Waals surface area contributed by atoms with E-state index in [4.69, 9.17) is 4.74 Å². The van der Waals surface area contributed by atoms with Gasteiger partial charge in [0.1, 0.15) is 18.2 Å². The highest BCUT2D eigenvalue weighted by Gasteiger charge is 2.52. The Labute approximate surface area is 238 Å². The lowest BCUT2D eigenvalue weighted by molar-refractivity contribution is -0.150. The van der Waals surface area contributed by atoms with Gasteiger partial charge in [0.15, 0.2) is 0 Å². The normalized spacial score (nSPS) is 23.7. The average Bonchev–Trinajstić information content (AvgIpc) is 3.66. The number of rotatable bonds is 7. The number of hydrogen-bond acceptors (Lipinski definition) is 6. The second kappa shape index (κ2) is 11.0. The fraction of sp³-hybridized carbons (Fsp3) is 0.344. The van der Waals surface area contributed by atoms with Gasteiger partial charge in [-0.1, -0.05) is 78.9 Å². The molecule has 2 amide bonds. The molecule has 2 aliphatic heterocycles. The third kappa shape index (κ3) is 5.18. The molecule has 2 heterocycles. The molecule has 3 aromatic rings. The molecule has 3 unspecified atom stereocenters. The monoisotopic (exact) mass is 555 g/mol. The lowest BCUT2D eigenvalue weighted by Crippen LogP contribution is -2.62. The van der Waals surface area contributed by atoms with Crippen LogP contribution in [0.5, 0.6) is 0 Å². The standard InChI is InChI=1S/C32H33N3O6/c36-22-16-28(29(37)38)35(18-22)30(39)32(14-15-34(20-32)17-21-8-2-1-3-9-21)33-31(40)41-19-27-25-12-6-4-10-23(25)24-11-5-7-13-26(24)27/h1-13,22,27-28,36H,14-20H2,(H,33,40)(H,37,38). The van der Waals surface area contributed by atoms with E-state index in [9.17, 15) is 24.6 Å². The second-order valence-electron chi connectivity index (χ2n) is 11.2. The number of β-amino-alcohol motifs (C(OH)–C–C–N with tert-alkyl or cyclic N) is 1. The van der Waals surface area contributed by atoms with Gasteiger partial charge in [-0.2, -0.15) is 0 Å². The molecule has 9 heteroatoms. The molecule has 6 rings (SSSR count).